The number of nitrogens with one attached hydrogen (secondary N) is 1. The number of rotatable bonds is 2. The molecule has 0 bridgehead atoms. The van der Waals surface area contributed by atoms with Crippen LogP contribution in [0.25, 0.3) is 0 Å². The van der Waals surface area contributed by atoms with Crippen molar-refractivity contribution in [2.24, 2.45) is 0 Å². The summed E-state index contributed by atoms with van der Waals surface area (Å²) >= 11 is 9.13. The molecule has 0 spiro atoms. The summed E-state index contributed by atoms with van der Waals surface area (Å²) in [5, 5.41) is 3.48. The number of hydrogen-bond donors (Lipinski definition) is 2. The standard InChI is InChI=1S/C13H9BrClF3N2/c14-9-6-8(2-3-10(9)15)20-12-4-1-7(5-11(12)19)13(16,17)18/h1-6,20H,19H2. The molecule has 0 aliphatic rings. The number of benzene rings is 2. The van der Waals surface area contributed by atoms with Crippen molar-refractivity contribution in [2.75, 3.05) is 11.1 Å². The molecule has 0 atom stereocenters. The number of nitrogens with two attached hydrogens (primary N) is 1. The van der Waals surface area contributed by atoms with Crippen LogP contribution in [0.5, 0.6) is 0 Å². The van der Waals surface area contributed by atoms with Gasteiger partial charge in [-0.1, -0.05) is 11.6 Å². The summed E-state index contributed by atoms with van der Waals surface area (Å²) in [6.07, 6.45) is -4.41. The number of halogens is 5. The van der Waals surface area contributed by atoms with Gasteiger partial charge >= 0.3 is 6.18 Å². The van der Waals surface area contributed by atoms with Crippen LogP contribution in [0.2, 0.25) is 5.02 Å². The van der Waals surface area contributed by atoms with E-state index in [1.165, 1.54) is 6.07 Å². The fourth-order valence-electron chi connectivity index (χ4n) is 1.58. The van der Waals surface area contributed by atoms with Gasteiger partial charge in [0.15, 0.2) is 0 Å². The summed E-state index contributed by atoms with van der Waals surface area (Å²) in [5.41, 5.74) is 5.93. The Balaban J connectivity index is 2.28. The monoisotopic (exact) mass is 364 g/mol. The molecule has 0 aliphatic carbocycles. The zero-order chi connectivity index (χ0) is 14.9. The van der Waals surface area contributed by atoms with E-state index in [1.54, 1.807) is 18.2 Å². The van der Waals surface area contributed by atoms with Crippen molar-refractivity contribution in [2.45, 2.75) is 6.18 Å². The first-order valence-corrected chi connectivity index (χ1v) is 6.63. The molecule has 0 amide bonds. The zero-order valence-electron chi connectivity index (χ0n) is 9.93. The van der Waals surface area contributed by atoms with Gasteiger partial charge in [0.25, 0.3) is 0 Å². The van der Waals surface area contributed by atoms with Crippen LogP contribution in [-0.2, 0) is 6.18 Å². The minimum atomic E-state index is -4.41. The van der Waals surface area contributed by atoms with E-state index in [0.717, 1.165) is 12.1 Å². The highest BCUT2D eigenvalue weighted by Gasteiger charge is 2.30. The SMILES string of the molecule is Nc1cc(C(F)(F)F)ccc1Nc1ccc(Cl)c(Br)c1. The molecule has 7 heteroatoms. The van der Waals surface area contributed by atoms with Crippen LogP contribution in [0.3, 0.4) is 0 Å². The van der Waals surface area contributed by atoms with Gasteiger partial charge in [0.2, 0.25) is 0 Å². The van der Waals surface area contributed by atoms with Crippen molar-refractivity contribution >= 4 is 44.6 Å². The van der Waals surface area contributed by atoms with Crippen molar-refractivity contribution in [3.05, 3.63) is 51.5 Å². The summed E-state index contributed by atoms with van der Waals surface area (Å²) in [4.78, 5) is 0. The summed E-state index contributed by atoms with van der Waals surface area (Å²) in [7, 11) is 0. The van der Waals surface area contributed by atoms with Crippen LogP contribution in [0, 0.1) is 0 Å². The van der Waals surface area contributed by atoms with Gasteiger partial charge < -0.3 is 11.1 Å². The Morgan fingerprint density at radius 1 is 1.10 bits per heavy atom. The molecule has 0 heterocycles. The quantitative estimate of drug-likeness (QED) is 0.695. The van der Waals surface area contributed by atoms with Crippen LogP contribution >= 0.6 is 27.5 Å². The van der Waals surface area contributed by atoms with Gasteiger partial charge in [0.1, 0.15) is 0 Å². The van der Waals surface area contributed by atoms with Crippen molar-refractivity contribution in [1.29, 1.82) is 0 Å². The van der Waals surface area contributed by atoms with E-state index in [1.807, 2.05) is 0 Å². The minimum absolute atomic E-state index is 0.0193. The zero-order valence-corrected chi connectivity index (χ0v) is 12.3. The third kappa shape index (κ3) is 3.37. The van der Waals surface area contributed by atoms with Gasteiger partial charge in [-0.15, -0.1) is 0 Å². The fourth-order valence-corrected chi connectivity index (χ4v) is 2.08. The Morgan fingerprint density at radius 3 is 2.35 bits per heavy atom. The highest BCUT2D eigenvalue weighted by molar-refractivity contribution is 9.10. The third-order valence-electron chi connectivity index (χ3n) is 2.58. The van der Waals surface area contributed by atoms with E-state index >= 15 is 0 Å². The van der Waals surface area contributed by atoms with Crippen molar-refractivity contribution in [1.82, 2.24) is 0 Å². The highest BCUT2D eigenvalue weighted by atomic mass is 79.9. The Bertz CT molecular complexity index is 644. The van der Waals surface area contributed by atoms with Crippen LogP contribution in [0.15, 0.2) is 40.9 Å². The minimum Gasteiger partial charge on any atom is -0.397 e. The second kappa shape index (κ2) is 5.54. The van der Waals surface area contributed by atoms with E-state index in [4.69, 9.17) is 17.3 Å². The van der Waals surface area contributed by atoms with E-state index in [9.17, 15) is 13.2 Å². The molecule has 2 aromatic rings. The molecule has 2 rings (SSSR count). The maximum absolute atomic E-state index is 12.5. The molecule has 20 heavy (non-hydrogen) atoms. The van der Waals surface area contributed by atoms with Crippen molar-refractivity contribution in [3.8, 4) is 0 Å². The lowest BCUT2D eigenvalue weighted by Crippen LogP contribution is -2.06. The average Bonchev–Trinajstić information content (AvgIpc) is 2.35. The van der Waals surface area contributed by atoms with Crippen molar-refractivity contribution < 1.29 is 13.2 Å². The Morgan fingerprint density at radius 2 is 1.80 bits per heavy atom. The van der Waals surface area contributed by atoms with Gasteiger partial charge in [-0.3, -0.25) is 0 Å². The van der Waals surface area contributed by atoms with Gasteiger partial charge in [-0.25, -0.2) is 0 Å². The molecule has 0 aliphatic heterocycles. The molecular weight excluding hydrogens is 357 g/mol. The molecule has 2 aromatic carbocycles. The first kappa shape index (κ1) is 15.0. The lowest BCUT2D eigenvalue weighted by Gasteiger charge is -2.13. The van der Waals surface area contributed by atoms with E-state index in [0.29, 0.717) is 20.9 Å². The van der Waals surface area contributed by atoms with Gasteiger partial charge in [0, 0.05) is 10.2 Å². The first-order chi connectivity index (χ1) is 9.27. The summed E-state index contributed by atoms with van der Waals surface area (Å²) in [5.74, 6) is 0. The molecule has 0 saturated heterocycles. The maximum Gasteiger partial charge on any atom is 0.416 e. The Kier molecular flexibility index (Phi) is 4.15. The normalized spacial score (nSPS) is 11.4. The third-order valence-corrected chi connectivity index (χ3v) is 3.79. The largest absolute Gasteiger partial charge is 0.416 e. The van der Waals surface area contributed by atoms with Crippen LogP contribution < -0.4 is 11.1 Å². The molecule has 2 nitrogen and oxygen atoms in total. The van der Waals surface area contributed by atoms with Gasteiger partial charge in [-0.2, -0.15) is 13.2 Å². The molecule has 0 unspecified atom stereocenters. The van der Waals surface area contributed by atoms with E-state index < -0.39 is 11.7 Å². The number of alkyl halides is 3. The topological polar surface area (TPSA) is 38.0 Å². The van der Waals surface area contributed by atoms with Gasteiger partial charge in [-0.05, 0) is 52.3 Å². The average molecular weight is 366 g/mol. The number of hydrogen-bond acceptors (Lipinski definition) is 2. The van der Waals surface area contributed by atoms with E-state index in [-0.39, 0.29) is 5.69 Å². The Hall–Kier alpha value is -1.40. The maximum atomic E-state index is 12.5. The second-order valence-corrected chi connectivity index (χ2v) is 5.32. The number of nitrogen functional groups attached to an aromatic ring is 1. The first-order valence-electron chi connectivity index (χ1n) is 5.46. The molecular formula is C13H9BrClF3N2. The molecule has 0 fully saturated rings. The molecule has 0 radical (unpaired) electrons. The second-order valence-electron chi connectivity index (χ2n) is 4.05. The Labute approximate surface area is 126 Å². The smallest absolute Gasteiger partial charge is 0.397 e. The predicted molar refractivity (Wildman–Crippen MR) is 78.3 cm³/mol. The molecule has 106 valence electrons. The lowest BCUT2D eigenvalue weighted by molar-refractivity contribution is -0.137. The molecule has 3 N–H and O–H groups in total. The van der Waals surface area contributed by atoms with Crippen LogP contribution in [0.4, 0.5) is 30.2 Å². The van der Waals surface area contributed by atoms with Crippen LogP contribution in [-0.4, -0.2) is 0 Å². The summed E-state index contributed by atoms with van der Waals surface area (Å²) in [6, 6.07) is 8.23. The van der Waals surface area contributed by atoms with Gasteiger partial charge in [0.05, 0.1) is 22.0 Å². The number of anilines is 3. The summed E-state index contributed by atoms with van der Waals surface area (Å²) < 4.78 is 38.3. The van der Waals surface area contributed by atoms with Crippen molar-refractivity contribution in [3.63, 3.8) is 0 Å². The highest BCUT2D eigenvalue weighted by Crippen LogP contribution is 2.34. The van der Waals surface area contributed by atoms with Crippen LogP contribution in [0.1, 0.15) is 5.56 Å². The van der Waals surface area contributed by atoms with E-state index in [2.05, 4.69) is 21.2 Å². The lowest BCUT2D eigenvalue weighted by atomic mass is 10.1. The fraction of sp³-hybridized carbons (Fsp3) is 0.0769. The summed E-state index contributed by atoms with van der Waals surface area (Å²) in [6.45, 7) is 0. The predicted octanol–water partition coefficient (Wildman–Crippen LogP) is 5.45. The molecule has 0 saturated carbocycles. The molecule has 0 aromatic heterocycles.